The Bertz CT molecular complexity index is 207. The monoisotopic (exact) mass is 333 g/mol. The summed E-state index contributed by atoms with van der Waals surface area (Å²) in [5, 5.41) is 6.00. The minimum Gasteiger partial charge on any atom is -0.354 e. The minimum atomic E-state index is 0. The predicted octanol–water partition coefficient (Wildman–Crippen LogP) is 1.63. The third-order valence-corrected chi connectivity index (χ3v) is 3.72. The molecule has 0 aliphatic rings. The molecule has 0 aromatic heterocycles. The molecule has 4 nitrogen and oxygen atoms in total. The van der Waals surface area contributed by atoms with Gasteiger partial charge >= 0.3 is 0 Å². The maximum Gasteiger partial charge on any atom is 0.230 e. The van der Waals surface area contributed by atoms with Crippen LogP contribution in [0.1, 0.15) is 20.8 Å². The lowest BCUT2D eigenvalue weighted by atomic mass is 10.3. The first-order chi connectivity index (χ1) is 8.13. The van der Waals surface area contributed by atoms with E-state index in [-0.39, 0.29) is 30.7 Å². The van der Waals surface area contributed by atoms with E-state index in [1.54, 1.807) is 11.8 Å². The summed E-state index contributed by atoms with van der Waals surface area (Å²) in [7, 11) is 1.90. The molecule has 0 aliphatic heterocycles. The molecule has 0 saturated heterocycles. The van der Waals surface area contributed by atoms with Crippen LogP contribution in [0.2, 0.25) is 0 Å². The highest BCUT2D eigenvalue weighted by atomic mass is 35.5. The Morgan fingerprint density at radius 3 is 2.32 bits per heavy atom. The predicted molar refractivity (Wildman–Crippen MR) is 91.1 cm³/mol. The van der Waals surface area contributed by atoms with Gasteiger partial charge in [0.2, 0.25) is 5.91 Å². The summed E-state index contributed by atoms with van der Waals surface area (Å²) in [4.78, 5) is 13.8. The summed E-state index contributed by atoms with van der Waals surface area (Å²) >= 11 is 1.71. The van der Waals surface area contributed by atoms with E-state index in [0.29, 0.717) is 18.3 Å². The molecule has 0 aliphatic carbocycles. The highest BCUT2D eigenvalue weighted by Crippen LogP contribution is 2.00. The lowest BCUT2D eigenvalue weighted by Crippen LogP contribution is -2.38. The molecule has 0 bridgehead atoms. The molecule has 7 heteroatoms. The molecule has 0 aromatic rings. The molecule has 1 amide bonds. The van der Waals surface area contributed by atoms with Crippen LogP contribution in [0.3, 0.4) is 0 Å². The van der Waals surface area contributed by atoms with Crippen molar-refractivity contribution < 1.29 is 4.79 Å². The van der Waals surface area contributed by atoms with Crippen molar-refractivity contribution in [3.05, 3.63) is 0 Å². The largest absolute Gasteiger partial charge is 0.354 e. The Hall–Kier alpha value is 0.320. The summed E-state index contributed by atoms with van der Waals surface area (Å²) in [6, 6.07) is 0.333. The lowest BCUT2D eigenvalue weighted by Gasteiger charge is -2.17. The quantitative estimate of drug-likeness (QED) is 0.596. The summed E-state index contributed by atoms with van der Waals surface area (Å²) in [5.41, 5.74) is 0. The Balaban J connectivity index is -0.00000128. The van der Waals surface area contributed by atoms with E-state index in [2.05, 4.69) is 29.4 Å². The van der Waals surface area contributed by atoms with Gasteiger partial charge in [0.15, 0.2) is 0 Å². The van der Waals surface area contributed by atoms with Crippen LogP contribution in [-0.2, 0) is 4.79 Å². The van der Waals surface area contributed by atoms with Crippen LogP contribution in [-0.4, -0.2) is 61.6 Å². The molecule has 1 unspecified atom stereocenters. The molecule has 0 spiro atoms. The van der Waals surface area contributed by atoms with Gasteiger partial charge in [0.25, 0.3) is 0 Å². The van der Waals surface area contributed by atoms with Gasteiger partial charge < -0.3 is 15.5 Å². The van der Waals surface area contributed by atoms with Gasteiger partial charge in [-0.3, -0.25) is 4.79 Å². The van der Waals surface area contributed by atoms with Crippen molar-refractivity contribution in [2.24, 2.45) is 0 Å². The summed E-state index contributed by atoms with van der Waals surface area (Å²) in [6.45, 7) is 10.3. The summed E-state index contributed by atoms with van der Waals surface area (Å²) in [5.74, 6) is 1.73. The van der Waals surface area contributed by atoms with Crippen LogP contribution in [0, 0.1) is 0 Å². The van der Waals surface area contributed by atoms with Crippen molar-refractivity contribution in [1.82, 2.24) is 15.5 Å². The molecule has 0 heterocycles. The van der Waals surface area contributed by atoms with E-state index in [9.17, 15) is 4.79 Å². The standard InChI is InChI=1S/C12H27N3OS.2ClH/c1-5-15(6-2)7-8-17-10-12(16)14-9-11(3)13-4;;/h11,13H,5-10H2,1-4H3,(H,14,16);2*1H. The fourth-order valence-electron chi connectivity index (χ4n) is 1.32. The normalized spacial score (nSPS) is 11.4. The number of nitrogens with one attached hydrogen (secondary N) is 2. The van der Waals surface area contributed by atoms with Gasteiger partial charge in [0.05, 0.1) is 5.75 Å². The number of nitrogens with zero attached hydrogens (tertiary/aromatic N) is 1. The number of hydrogen-bond acceptors (Lipinski definition) is 4. The summed E-state index contributed by atoms with van der Waals surface area (Å²) < 4.78 is 0. The number of thioether (sulfide) groups is 1. The number of hydrogen-bond donors (Lipinski definition) is 2. The van der Waals surface area contributed by atoms with Crippen molar-refractivity contribution in [3.8, 4) is 0 Å². The molecule has 0 aromatic carbocycles. The number of carbonyl (C=O) groups is 1. The van der Waals surface area contributed by atoms with Crippen molar-refractivity contribution >= 4 is 42.5 Å². The topological polar surface area (TPSA) is 44.4 Å². The van der Waals surface area contributed by atoms with Crippen LogP contribution >= 0.6 is 36.6 Å². The Labute approximate surface area is 134 Å². The Kier molecular flexibility index (Phi) is 21.0. The van der Waals surface area contributed by atoms with Gasteiger partial charge in [0, 0.05) is 24.9 Å². The first-order valence-corrected chi connectivity index (χ1v) is 7.53. The van der Waals surface area contributed by atoms with Crippen molar-refractivity contribution in [2.45, 2.75) is 26.8 Å². The zero-order valence-corrected chi connectivity index (χ0v) is 14.8. The second-order valence-corrected chi connectivity index (χ2v) is 5.18. The fourth-order valence-corrected chi connectivity index (χ4v) is 2.14. The fraction of sp³-hybridized carbons (Fsp3) is 0.917. The molecule has 1 atom stereocenters. The number of rotatable bonds is 10. The van der Waals surface area contributed by atoms with Crippen LogP contribution in [0.4, 0.5) is 0 Å². The van der Waals surface area contributed by atoms with Crippen LogP contribution in [0.15, 0.2) is 0 Å². The first kappa shape index (κ1) is 24.3. The molecular weight excluding hydrogens is 305 g/mol. The molecule has 0 radical (unpaired) electrons. The van der Waals surface area contributed by atoms with Gasteiger partial charge in [-0.1, -0.05) is 13.8 Å². The lowest BCUT2D eigenvalue weighted by molar-refractivity contribution is -0.118. The number of carbonyl (C=O) groups excluding carboxylic acids is 1. The van der Waals surface area contributed by atoms with E-state index in [1.165, 1.54) is 0 Å². The molecule has 0 saturated carbocycles. The van der Waals surface area contributed by atoms with E-state index in [1.807, 2.05) is 14.0 Å². The Morgan fingerprint density at radius 2 is 1.84 bits per heavy atom. The van der Waals surface area contributed by atoms with Gasteiger partial charge in [-0.25, -0.2) is 0 Å². The zero-order chi connectivity index (χ0) is 13.1. The van der Waals surface area contributed by atoms with E-state index in [0.717, 1.165) is 25.4 Å². The van der Waals surface area contributed by atoms with E-state index >= 15 is 0 Å². The van der Waals surface area contributed by atoms with Crippen molar-refractivity contribution in [2.75, 3.05) is 44.7 Å². The number of likely N-dealkylation sites (N-methyl/N-ethyl adjacent to an activating group) is 1. The first-order valence-electron chi connectivity index (χ1n) is 6.38. The maximum absolute atomic E-state index is 11.5. The second-order valence-electron chi connectivity index (χ2n) is 4.07. The van der Waals surface area contributed by atoms with E-state index < -0.39 is 0 Å². The second kappa shape index (κ2) is 16.4. The van der Waals surface area contributed by atoms with Crippen LogP contribution in [0.5, 0.6) is 0 Å². The summed E-state index contributed by atoms with van der Waals surface area (Å²) in [6.07, 6.45) is 0. The van der Waals surface area contributed by atoms with Gasteiger partial charge in [0.1, 0.15) is 0 Å². The molecular formula is C12H29Cl2N3OS. The van der Waals surface area contributed by atoms with Gasteiger partial charge in [-0.05, 0) is 27.1 Å². The number of amides is 1. The van der Waals surface area contributed by atoms with E-state index in [4.69, 9.17) is 0 Å². The smallest absolute Gasteiger partial charge is 0.230 e. The van der Waals surface area contributed by atoms with Crippen molar-refractivity contribution in [1.29, 1.82) is 0 Å². The molecule has 2 N–H and O–H groups in total. The third-order valence-electron chi connectivity index (χ3n) is 2.78. The highest BCUT2D eigenvalue weighted by Gasteiger charge is 2.04. The molecule has 0 rings (SSSR count). The Morgan fingerprint density at radius 1 is 1.26 bits per heavy atom. The third kappa shape index (κ3) is 14.5. The maximum atomic E-state index is 11.5. The van der Waals surface area contributed by atoms with Crippen LogP contribution in [0.25, 0.3) is 0 Å². The van der Waals surface area contributed by atoms with Gasteiger partial charge in [-0.15, -0.1) is 24.8 Å². The SMILES string of the molecule is CCN(CC)CCSCC(=O)NCC(C)NC.Cl.Cl. The molecule has 19 heavy (non-hydrogen) atoms. The molecule has 118 valence electrons. The van der Waals surface area contributed by atoms with Crippen LogP contribution < -0.4 is 10.6 Å². The highest BCUT2D eigenvalue weighted by molar-refractivity contribution is 7.99. The minimum absolute atomic E-state index is 0. The average Bonchev–Trinajstić information content (AvgIpc) is 2.36. The number of halogens is 2. The van der Waals surface area contributed by atoms with Crippen molar-refractivity contribution in [3.63, 3.8) is 0 Å². The molecule has 0 fully saturated rings. The zero-order valence-electron chi connectivity index (χ0n) is 12.4. The van der Waals surface area contributed by atoms with Gasteiger partial charge in [-0.2, -0.15) is 11.8 Å². The average molecular weight is 334 g/mol.